The Morgan fingerprint density at radius 1 is 1.35 bits per heavy atom. The van der Waals surface area contributed by atoms with E-state index in [4.69, 9.17) is 11.6 Å². The summed E-state index contributed by atoms with van der Waals surface area (Å²) >= 11 is 5.88. The Kier molecular flexibility index (Phi) is 3.30. The molecular formula is C15H18ClN3O. The third-order valence-electron chi connectivity index (χ3n) is 4.08. The molecule has 1 N–H and O–H groups in total. The standard InChI is InChI=1S/C15H18ClN3O/c1-10(11-3-4-11)14-17-9-19(18-14)15(2,20)12-5-7-13(16)8-6-12/h5-11,20H,3-4H2,1-2H3. The molecule has 0 bridgehead atoms. The van der Waals surface area contributed by atoms with Crippen molar-refractivity contribution < 1.29 is 5.11 Å². The molecule has 5 heteroatoms. The molecule has 1 fully saturated rings. The van der Waals surface area contributed by atoms with Crippen molar-refractivity contribution in [3.63, 3.8) is 0 Å². The van der Waals surface area contributed by atoms with Gasteiger partial charge < -0.3 is 5.11 Å². The van der Waals surface area contributed by atoms with Crippen molar-refractivity contribution in [1.29, 1.82) is 0 Å². The maximum atomic E-state index is 10.7. The fourth-order valence-corrected chi connectivity index (χ4v) is 2.53. The Morgan fingerprint density at radius 3 is 2.60 bits per heavy atom. The van der Waals surface area contributed by atoms with Crippen LogP contribution in [0.2, 0.25) is 5.02 Å². The molecule has 0 saturated heterocycles. The zero-order valence-electron chi connectivity index (χ0n) is 11.6. The number of rotatable bonds is 4. The van der Waals surface area contributed by atoms with E-state index in [-0.39, 0.29) is 0 Å². The average molecular weight is 292 g/mol. The molecule has 2 atom stereocenters. The number of nitrogens with zero attached hydrogens (tertiary/aromatic N) is 3. The van der Waals surface area contributed by atoms with Crippen LogP contribution in [-0.4, -0.2) is 19.9 Å². The van der Waals surface area contributed by atoms with Crippen molar-refractivity contribution >= 4 is 11.6 Å². The SMILES string of the molecule is CC(c1ncn(C(C)(O)c2ccc(Cl)cc2)n1)C1CC1. The molecule has 0 amide bonds. The Morgan fingerprint density at radius 2 is 2.00 bits per heavy atom. The molecule has 0 radical (unpaired) electrons. The van der Waals surface area contributed by atoms with Crippen molar-refractivity contribution in [2.24, 2.45) is 5.92 Å². The number of aromatic nitrogens is 3. The number of aliphatic hydroxyl groups is 1. The number of halogens is 1. The summed E-state index contributed by atoms with van der Waals surface area (Å²) < 4.78 is 1.52. The van der Waals surface area contributed by atoms with E-state index in [9.17, 15) is 5.11 Å². The van der Waals surface area contributed by atoms with Gasteiger partial charge in [-0.15, -0.1) is 0 Å². The molecular weight excluding hydrogens is 274 g/mol. The van der Waals surface area contributed by atoms with Crippen molar-refractivity contribution in [2.75, 3.05) is 0 Å². The van der Waals surface area contributed by atoms with Gasteiger partial charge in [0.1, 0.15) is 6.33 Å². The summed E-state index contributed by atoms with van der Waals surface area (Å²) in [7, 11) is 0. The van der Waals surface area contributed by atoms with Crippen molar-refractivity contribution in [3.05, 3.63) is 47.0 Å². The van der Waals surface area contributed by atoms with Crippen LogP contribution in [0.15, 0.2) is 30.6 Å². The van der Waals surface area contributed by atoms with Gasteiger partial charge in [0.25, 0.3) is 0 Å². The zero-order valence-corrected chi connectivity index (χ0v) is 12.4. The molecule has 1 aliphatic rings. The molecule has 2 aromatic rings. The molecule has 1 heterocycles. The quantitative estimate of drug-likeness (QED) is 0.941. The summed E-state index contributed by atoms with van der Waals surface area (Å²) in [4.78, 5) is 4.35. The molecule has 106 valence electrons. The van der Waals surface area contributed by atoms with Crippen LogP contribution >= 0.6 is 11.6 Å². The van der Waals surface area contributed by atoms with Crippen molar-refractivity contribution in [3.8, 4) is 0 Å². The molecule has 3 rings (SSSR count). The summed E-state index contributed by atoms with van der Waals surface area (Å²) in [6, 6.07) is 7.12. The van der Waals surface area contributed by atoms with Gasteiger partial charge in [-0.05, 0) is 37.8 Å². The molecule has 0 spiro atoms. The lowest BCUT2D eigenvalue weighted by Crippen LogP contribution is -2.31. The molecule has 4 nitrogen and oxygen atoms in total. The van der Waals surface area contributed by atoms with Crippen LogP contribution in [0.1, 0.15) is 44.0 Å². The molecule has 2 unspecified atom stereocenters. The van der Waals surface area contributed by atoms with E-state index in [1.54, 1.807) is 37.5 Å². The Hall–Kier alpha value is -1.39. The summed E-state index contributed by atoms with van der Waals surface area (Å²) in [5.74, 6) is 1.87. The van der Waals surface area contributed by atoms with E-state index in [2.05, 4.69) is 17.0 Å². The minimum atomic E-state index is -1.22. The second kappa shape index (κ2) is 4.86. The van der Waals surface area contributed by atoms with E-state index in [0.717, 1.165) is 11.4 Å². The number of hydrogen-bond donors (Lipinski definition) is 1. The molecule has 1 aliphatic carbocycles. The van der Waals surface area contributed by atoms with Crippen LogP contribution in [0.3, 0.4) is 0 Å². The maximum Gasteiger partial charge on any atom is 0.183 e. The lowest BCUT2D eigenvalue weighted by atomic mass is 10.1. The van der Waals surface area contributed by atoms with Gasteiger partial charge in [-0.1, -0.05) is 30.7 Å². The third kappa shape index (κ3) is 2.45. The van der Waals surface area contributed by atoms with Gasteiger partial charge in [0.2, 0.25) is 0 Å². The van der Waals surface area contributed by atoms with Gasteiger partial charge in [-0.25, -0.2) is 9.67 Å². The molecule has 20 heavy (non-hydrogen) atoms. The van der Waals surface area contributed by atoms with Gasteiger partial charge in [0.15, 0.2) is 11.5 Å². The highest BCUT2D eigenvalue weighted by Gasteiger charge is 2.33. The third-order valence-corrected chi connectivity index (χ3v) is 4.34. The second-order valence-electron chi connectivity index (χ2n) is 5.70. The van der Waals surface area contributed by atoms with Crippen LogP contribution in [0.25, 0.3) is 0 Å². The van der Waals surface area contributed by atoms with E-state index in [1.807, 2.05) is 0 Å². The molecule has 0 aliphatic heterocycles. The van der Waals surface area contributed by atoms with Crippen LogP contribution in [0.4, 0.5) is 0 Å². The summed E-state index contributed by atoms with van der Waals surface area (Å²) in [6.07, 6.45) is 4.11. The van der Waals surface area contributed by atoms with Gasteiger partial charge in [-0.2, -0.15) is 5.10 Å². The highest BCUT2D eigenvalue weighted by Crippen LogP contribution is 2.41. The Bertz CT molecular complexity index is 602. The summed E-state index contributed by atoms with van der Waals surface area (Å²) in [5.41, 5.74) is -0.489. The van der Waals surface area contributed by atoms with Crippen LogP contribution < -0.4 is 0 Å². The molecule has 1 saturated carbocycles. The number of hydrogen-bond acceptors (Lipinski definition) is 3. The normalized spacial score (nSPS) is 19.6. The van der Waals surface area contributed by atoms with Gasteiger partial charge in [0.05, 0.1) is 0 Å². The smallest absolute Gasteiger partial charge is 0.183 e. The van der Waals surface area contributed by atoms with Crippen molar-refractivity contribution in [2.45, 2.75) is 38.3 Å². The average Bonchev–Trinajstić information content (AvgIpc) is 3.14. The first-order valence-corrected chi connectivity index (χ1v) is 7.26. The fraction of sp³-hybridized carbons (Fsp3) is 0.467. The Balaban J connectivity index is 1.88. The number of benzene rings is 1. The van der Waals surface area contributed by atoms with Crippen molar-refractivity contribution in [1.82, 2.24) is 14.8 Å². The zero-order chi connectivity index (χ0) is 14.3. The van der Waals surface area contributed by atoms with Crippen LogP contribution in [0, 0.1) is 5.92 Å². The largest absolute Gasteiger partial charge is 0.366 e. The molecule has 1 aromatic heterocycles. The highest BCUT2D eigenvalue weighted by molar-refractivity contribution is 6.30. The monoisotopic (exact) mass is 291 g/mol. The van der Waals surface area contributed by atoms with E-state index in [1.165, 1.54) is 17.5 Å². The predicted octanol–water partition coefficient (Wildman–Crippen LogP) is 3.16. The van der Waals surface area contributed by atoms with E-state index in [0.29, 0.717) is 16.9 Å². The second-order valence-corrected chi connectivity index (χ2v) is 6.14. The minimum absolute atomic E-state index is 0.359. The van der Waals surface area contributed by atoms with Gasteiger partial charge in [-0.3, -0.25) is 0 Å². The summed E-state index contributed by atoms with van der Waals surface area (Å²) in [5, 5.41) is 15.8. The fourth-order valence-electron chi connectivity index (χ4n) is 2.40. The maximum absolute atomic E-state index is 10.7. The first-order valence-electron chi connectivity index (χ1n) is 6.89. The first kappa shape index (κ1) is 13.6. The van der Waals surface area contributed by atoms with Gasteiger partial charge >= 0.3 is 0 Å². The van der Waals surface area contributed by atoms with Crippen LogP contribution in [0.5, 0.6) is 0 Å². The summed E-state index contributed by atoms with van der Waals surface area (Å²) in [6.45, 7) is 3.85. The van der Waals surface area contributed by atoms with E-state index >= 15 is 0 Å². The minimum Gasteiger partial charge on any atom is -0.366 e. The molecule has 1 aromatic carbocycles. The van der Waals surface area contributed by atoms with E-state index < -0.39 is 5.72 Å². The first-order chi connectivity index (χ1) is 9.48. The Labute approximate surface area is 123 Å². The van der Waals surface area contributed by atoms with Gasteiger partial charge in [0, 0.05) is 16.5 Å². The van der Waals surface area contributed by atoms with Crippen LogP contribution in [-0.2, 0) is 5.72 Å². The lowest BCUT2D eigenvalue weighted by molar-refractivity contribution is 0.0121. The predicted molar refractivity (Wildman–Crippen MR) is 77.6 cm³/mol. The highest BCUT2D eigenvalue weighted by atomic mass is 35.5. The topological polar surface area (TPSA) is 50.9 Å². The lowest BCUT2D eigenvalue weighted by Gasteiger charge is -2.23.